The van der Waals surface area contributed by atoms with Crippen molar-refractivity contribution in [1.29, 1.82) is 0 Å². The van der Waals surface area contributed by atoms with Crippen molar-refractivity contribution in [2.45, 2.75) is 19.9 Å². The summed E-state index contributed by atoms with van der Waals surface area (Å²) in [6.45, 7) is 4.39. The normalized spacial score (nSPS) is 13.1. The third-order valence-electron chi connectivity index (χ3n) is 2.42. The Morgan fingerprint density at radius 1 is 1.35 bits per heavy atom. The molecule has 0 bridgehead atoms. The number of nitrogens with one attached hydrogen (secondary N) is 1. The number of halogens is 2. The first-order chi connectivity index (χ1) is 8.04. The van der Waals surface area contributed by atoms with Crippen LogP contribution in [0, 0.1) is 11.7 Å². The molecule has 0 amide bonds. The molecular weight excluding hydrogens is 301 g/mol. The Morgan fingerprint density at radius 2 is 2.06 bits per heavy atom. The zero-order chi connectivity index (χ0) is 12.8. The van der Waals surface area contributed by atoms with E-state index in [1.807, 2.05) is 24.9 Å². The van der Waals surface area contributed by atoms with E-state index in [9.17, 15) is 4.39 Å². The van der Waals surface area contributed by atoms with Crippen LogP contribution in [-0.4, -0.2) is 18.6 Å². The average Bonchev–Trinajstić information content (AvgIpc) is 2.28. The van der Waals surface area contributed by atoms with E-state index in [-0.39, 0.29) is 11.9 Å². The van der Waals surface area contributed by atoms with Gasteiger partial charge in [0.25, 0.3) is 0 Å². The molecule has 0 aliphatic rings. The lowest BCUT2D eigenvalue weighted by molar-refractivity contribution is 0.565. The second-order valence-corrected chi connectivity index (χ2v) is 6.43. The van der Waals surface area contributed by atoms with Crippen molar-refractivity contribution in [3.8, 4) is 0 Å². The smallest absolute Gasteiger partial charge is 0.128 e. The van der Waals surface area contributed by atoms with Crippen molar-refractivity contribution in [2.75, 3.05) is 18.6 Å². The highest BCUT2D eigenvalue weighted by atomic mass is 79.9. The molecule has 0 radical (unpaired) electrons. The standard InChI is InChI=1S/C13H19BrFNS/c1-9(2)7-17-8-13(16-3)11-6-10(14)4-5-12(11)15/h4-6,9,13,16H,7-8H2,1-3H3. The molecule has 0 saturated carbocycles. The van der Waals surface area contributed by atoms with Crippen LogP contribution in [0.3, 0.4) is 0 Å². The second kappa shape index (κ2) is 7.39. The van der Waals surface area contributed by atoms with Gasteiger partial charge in [-0.3, -0.25) is 0 Å². The van der Waals surface area contributed by atoms with Crippen LogP contribution in [0.5, 0.6) is 0 Å². The fourth-order valence-corrected chi connectivity index (χ4v) is 3.10. The summed E-state index contributed by atoms with van der Waals surface area (Å²) >= 11 is 5.24. The lowest BCUT2D eigenvalue weighted by Crippen LogP contribution is -2.20. The number of hydrogen-bond acceptors (Lipinski definition) is 2. The van der Waals surface area contributed by atoms with Gasteiger partial charge in [-0.15, -0.1) is 0 Å². The lowest BCUT2D eigenvalue weighted by Gasteiger charge is -2.18. The summed E-state index contributed by atoms with van der Waals surface area (Å²) in [4.78, 5) is 0. The first-order valence-electron chi connectivity index (χ1n) is 5.74. The Bertz CT molecular complexity index is 357. The minimum Gasteiger partial charge on any atom is -0.312 e. The zero-order valence-corrected chi connectivity index (χ0v) is 12.9. The van der Waals surface area contributed by atoms with Crippen molar-refractivity contribution < 1.29 is 4.39 Å². The minimum absolute atomic E-state index is 0.0660. The van der Waals surface area contributed by atoms with E-state index in [0.29, 0.717) is 5.92 Å². The Balaban J connectivity index is 2.68. The summed E-state index contributed by atoms with van der Waals surface area (Å²) in [5.41, 5.74) is 0.734. The Kier molecular flexibility index (Phi) is 6.52. The number of benzene rings is 1. The second-order valence-electron chi connectivity index (χ2n) is 4.44. The van der Waals surface area contributed by atoms with E-state index in [2.05, 4.69) is 35.1 Å². The summed E-state index contributed by atoms with van der Waals surface area (Å²) in [5, 5.41) is 3.18. The number of hydrogen-bond donors (Lipinski definition) is 1. The van der Waals surface area contributed by atoms with Crippen molar-refractivity contribution in [2.24, 2.45) is 5.92 Å². The van der Waals surface area contributed by atoms with E-state index in [0.717, 1.165) is 21.5 Å². The van der Waals surface area contributed by atoms with Crippen LogP contribution >= 0.6 is 27.7 Å². The van der Waals surface area contributed by atoms with E-state index >= 15 is 0 Å². The van der Waals surface area contributed by atoms with Gasteiger partial charge in [-0.2, -0.15) is 11.8 Å². The summed E-state index contributed by atoms with van der Waals surface area (Å²) in [6, 6.07) is 5.16. The van der Waals surface area contributed by atoms with Crippen LogP contribution in [0.2, 0.25) is 0 Å². The van der Waals surface area contributed by atoms with Gasteiger partial charge in [-0.05, 0) is 36.9 Å². The molecule has 0 aliphatic heterocycles. The minimum atomic E-state index is -0.141. The molecule has 0 aliphatic carbocycles. The predicted octanol–water partition coefficient (Wildman–Crippen LogP) is 4.24. The van der Waals surface area contributed by atoms with Crippen LogP contribution in [0.4, 0.5) is 4.39 Å². The molecule has 0 saturated heterocycles. The van der Waals surface area contributed by atoms with Gasteiger partial charge in [0.2, 0.25) is 0 Å². The van der Waals surface area contributed by atoms with Gasteiger partial charge < -0.3 is 5.32 Å². The SMILES string of the molecule is CNC(CSCC(C)C)c1cc(Br)ccc1F. The van der Waals surface area contributed by atoms with Crippen molar-refractivity contribution in [1.82, 2.24) is 5.32 Å². The maximum absolute atomic E-state index is 13.7. The van der Waals surface area contributed by atoms with E-state index in [1.54, 1.807) is 6.07 Å². The van der Waals surface area contributed by atoms with Crippen LogP contribution in [-0.2, 0) is 0 Å². The average molecular weight is 320 g/mol. The van der Waals surface area contributed by atoms with Gasteiger partial charge in [0.1, 0.15) is 5.82 Å². The third kappa shape index (κ3) is 4.98. The number of rotatable bonds is 6. The van der Waals surface area contributed by atoms with Gasteiger partial charge >= 0.3 is 0 Å². The molecule has 1 nitrogen and oxygen atoms in total. The van der Waals surface area contributed by atoms with Gasteiger partial charge in [0.05, 0.1) is 0 Å². The van der Waals surface area contributed by atoms with Crippen molar-refractivity contribution in [3.05, 3.63) is 34.1 Å². The summed E-state index contributed by atoms with van der Waals surface area (Å²) < 4.78 is 14.6. The van der Waals surface area contributed by atoms with Gasteiger partial charge in [-0.25, -0.2) is 4.39 Å². The molecule has 0 fully saturated rings. The molecule has 1 unspecified atom stereocenters. The predicted molar refractivity (Wildman–Crippen MR) is 78.1 cm³/mol. The molecule has 96 valence electrons. The molecule has 1 aromatic carbocycles. The van der Waals surface area contributed by atoms with Gasteiger partial charge in [0.15, 0.2) is 0 Å². The molecule has 1 rings (SSSR count). The first-order valence-corrected chi connectivity index (χ1v) is 7.69. The van der Waals surface area contributed by atoms with E-state index in [1.165, 1.54) is 6.07 Å². The van der Waals surface area contributed by atoms with Crippen LogP contribution in [0.15, 0.2) is 22.7 Å². The molecule has 1 N–H and O–H groups in total. The van der Waals surface area contributed by atoms with Crippen molar-refractivity contribution in [3.63, 3.8) is 0 Å². The molecular formula is C13H19BrFNS. The fraction of sp³-hybridized carbons (Fsp3) is 0.538. The fourth-order valence-electron chi connectivity index (χ4n) is 1.53. The highest BCUT2D eigenvalue weighted by Crippen LogP contribution is 2.25. The number of thioether (sulfide) groups is 1. The maximum atomic E-state index is 13.7. The summed E-state index contributed by atoms with van der Waals surface area (Å²) in [5.74, 6) is 2.53. The summed E-state index contributed by atoms with van der Waals surface area (Å²) in [7, 11) is 1.88. The van der Waals surface area contributed by atoms with Crippen molar-refractivity contribution >= 4 is 27.7 Å². The summed E-state index contributed by atoms with van der Waals surface area (Å²) in [6.07, 6.45) is 0. The molecule has 1 atom stereocenters. The van der Waals surface area contributed by atoms with Crippen LogP contribution in [0.1, 0.15) is 25.5 Å². The van der Waals surface area contributed by atoms with Gasteiger partial charge in [0, 0.05) is 21.8 Å². The Labute approximate surface area is 116 Å². The van der Waals surface area contributed by atoms with Crippen LogP contribution in [0.25, 0.3) is 0 Å². The lowest BCUT2D eigenvalue weighted by atomic mass is 10.1. The highest BCUT2D eigenvalue weighted by Gasteiger charge is 2.14. The maximum Gasteiger partial charge on any atom is 0.128 e. The molecule has 1 aromatic rings. The largest absolute Gasteiger partial charge is 0.312 e. The Hall–Kier alpha value is -0.0600. The molecule has 4 heteroatoms. The van der Waals surface area contributed by atoms with E-state index < -0.39 is 0 Å². The topological polar surface area (TPSA) is 12.0 Å². The molecule has 0 spiro atoms. The van der Waals surface area contributed by atoms with Crippen LogP contribution < -0.4 is 5.32 Å². The Morgan fingerprint density at radius 3 is 2.65 bits per heavy atom. The monoisotopic (exact) mass is 319 g/mol. The van der Waals surface area contributed by atoms with E-state index in [4.69, 9.17) is 0 Å². The molecule has 17 heavy (non-hydrogen) atoms. The quantitative estimate of drug-likeness (QED) is 0.841. The molecule has 0 heterocycles. The third-order valence-corrected chi connectivity index (χ3v) is 4.38. The highest BCUT2D eigenvalue weighted by molar-refractivity contribution is 9.10. The zero-order valence-electron chi connectivity index (χ0n) is 10.5. The first kappa shape index (κ1) is 15.0. The van der Waals surface area contributed by atoms with Gasteiger partial charge in [-0.1, -0.05) is 29.8 Å². The molecule has 0 aromatic heterocycles.